The predicted molar refractivity (Wildman–Crippen MR) is 100 cm³/mol. The number of nitrogens with zero attached hydrogens (tertiary/aromatic N) is 5. The van der Waals surface area contributed by atoms with Gasteiger partial charge in [-0.15, -0.1) is 0 Å². The molecule has 2 aromatic heterocycles. The van der Waals surface area contributed by atoms with E-state index in [9.17, 15) is 4.79 Å². The Morgan fingerprint density at radius 1 is 1.20 bits per heavy atom. The summed E-state index contributed by atoms with van der Waals surface area (Å²) in [5.74, 6) is 0.752. The number of fused-ring (bicyclic) bond motifs is 1. The van der Waals surface area contributed by atoms with Crippen molar-refractivity contribution in [3.05, 3.63) is 16.5 Å². The third kappa shape index (κ3) is 2.76. The van der Waals surface area contributed by atoms with Gasteiger partial charge >= 0.3 is 6.03 Å². The highest BCUT2D eigenvalue weighted by molar-refractivity contribution is 9.10. The molecule has 0 bridgehead atoms. The molecule has 2 saturated heterocycles. The minimum atomic E-state index is 0.183. The number of aromatic nitrogens is 3. The fourth-order valence-corrected chi connectivity index (χ4v) is 4.80. The molecule has 2 aliphatic rings. The number of carbonyl (C=O) groups is 1. The quantitative estimate of drug-likeness (QED) is 0.789. The van der Waals surface area contributed by atoms with Gasteiger partial charge in [0.1, 0.15) is 17.8 Å². The summed E-state index contributed by atoms with van der Waals surface area (Å²) < 4.78 is 2.98. The molecule has 2 aromatic rings. The van der Waals surface area contributed by atoms with E-state index in [2.05, 4.69) is 25.9 Å². The van der Waals surface area contributed by atoms with E-state index >= 15 is 0 Å². The third-order valence-corrected chi connectivity index (χ3v) is 6.41. The number of amides is 2. The maximum atomic E-state index is 12.8. The van der Waals surface area contributed by atoms with Gasteiger partial charge in [0.25, 0.3) is 0 Å². The number of piperidine rings is 1. The summed E-state index contributed by atoms with van der Waals surface area (Å²) in [5.41, 5.74) is 8.10. The van der Waals surface area contributed by atoms with Crippen molar-refractivity contribution in [2.45, 2.75) is 31.6 Å². The first kappa shape index (κ1) is 16.6. The molecule has 25 heavy (non-hydrogen) atoms. The van der Waals surface area contributed by atoms with E-state index in [4.69, 9.17) is 5.73 Å². The van der Waals surface area contributed by atoms with Crippen molar-refractivity contribution in [1.29, 1.82) is 0 Å². The second-order valence-electron chi connectivity index (χ2n) is 6.98. The zero-order valence-electron chi connectivity index (χ0n) is 14.4. The highest BCUT2D eigenvalue weighted by Crippen LogP contribution is 2.40. The Bertz CT molecular complexity index is 813. The van der Waals surface area contributed by atoms with Gasteiger partial charge in [0, 0.05) is 44.7 Å². The molecule has 0 saturated carbocycles. The van der Waals surface area contributed by atoms with E-state index in [-0.39, 0.29) is 11.9 Å². The second-order valence-corrected chi connectivity index (χ2v) is 7.73. The fourth-order valence-electron chi connectivity index (χ4n) is 4.11. The van der Waals surface area contributed by atoms with Gasteiger partial charge in [-0.2, -0.15) is 0 Å². The highest BCUT2D eigenvalue weighted by atomic mass is 79.9. The monoisotopic (exact) mass is 406 g/mol. The van der Waals surface area contributed by atoms with Gasteiger partial charge in [0.05, 0.1) is 9.99 Å². The Labute approximate surface area is 155 Å². The molecule has 1 unspecified atom stereocenters. The molecule has 8 heteroatoms. The van der Waals surface area contributed by atoms with Gasteiger partial charge in [0.2, 0.25) is 0 Å². The summed E-state index contributed by atoms with van der Waals surface area (Å²) in [6, 6.07) is 0.183. The molecule has 7 nitrogen and oxygen atoms in total. The summed E-state index contributed by atoms with van der Waals surface area (Å²) in [6.45, 7) is 3.29. The van der Waals surface area contributed by atoms with E-state index in [0.29, 0.717) is 5.82 Å². The Hall–Kier alpha value is -1.83. The molecule has 2 fully saturated rings. The standard InChI is InChI=1S/C17H23BrN6O/c1-22-14(18)12(13-15(19)20-10-21-16(13)22)11-5-8-24(9-11)17(25)23-6-3-2-4-7-23/h10-11H,2-9H2,1H3,(H2,19,20,21). The first-order chi connectivity index (χ1) is 12.1. The van der Waals surface area contributed by atoms with Crippen LogP contribution < -0.4 is 5.73 Å². The molecule has 2 N–H and O–H groups in total. The summed E-state index contributed by atoms with van der Waals surface area (Å²) in [6.07, 6.45) is 5.90. The Morgan fingerprint density at radius 2 is 1.96 bits per heavy atom. The lowest BCUT2D eigenvalue weighted by molar-refractivity contribution is 0.152. The van der Waals surface area contributed by atoms with Gasteiger partial charge in [-0.1, -0.05) is 0 Å². The molecule has 134 valence electrons. The number of rotatable bonds is 1. The molecule has 0 radical (unpaired) electrons. The van der Waals surface area contributed by atoms with Crippen molar-refractivity contribution < 1.29 is 4.79 Å². The lowest BCUT2D eigenvalue weighted by Crippen LogP contribution is -2.44. The summed E-state index contributed by atoms with van der Waals surface area (Å²) in [5, 5.41) is 0.911. The van der Waals surface area contributed by atoms with Crippen molar-refractivity contribution in [3.63, 3.8) is 0 Å². The number of anilines is 1. The molecule has 4 rings (SSSR count). The number of hydrogen-bond donors (Lipinski definition) is 1. The molecular weight excluding hydrogens is 384 g/mol. The van der Waals surface area contributed by atoms with E-state index in [0.717, 1.165) is 66.6 Å². The summed E-state index contributed by atoms with van der Waals surface area (Å²) in [7, 11) is 1.97. The third-order valence-electron chi connectivity index (χ3n) is 5.45. The van der Waals surface area contributed by atoms with E-state index in [1.807, 2.05) is 21.4 Å². The van der Waals surface area contributed by atoms with Crippen LogP contribution in [0.1, 0.15) is 37.2 Å². The zero-order valence-corrected chi connectivity index (χ0v) is 16.0. The average molecular weight is 407 g/mol. The van der Waals surface area contributed by atoms with Crippen molar-refractivity contribution in [2.75, 3.05) is 31.9 Å². The number of aryl methyl sites for hydroxylation is 1. The van der Waals surface area contributed by atoms with Crippen molar-refractivity contribution >= 4 is 38.8 Å². The highest BCUT2D eigenvalue weighted by Gasteiger charge is 2.34. The minimum absolute atomic E-state index is 0.183. The molecular formula is C17H23BrN6O. The van der Waals surface area contributed by atoms with Crippen LogP contribution in [0.4, 0.5) is 10.6 Å². The number of halogens is 1. The fraction of sp³-hybridized carbons (Fsp3) is 0.588. The zero-order chi connectivity index (χ0) is 17.6. The van der Waals surface area contributed by atoms with E-state index in [1.165, 1.54) is 12.7 Å². The number of carbonyl (C=O) groups excluding carboxylic acids is 1. The van der Waals surface area contributed by atoms with Crippen LogP contribution in [0.5, 0.6) is 0 Å². The summed E-state index contributed by atoms with van der Waals surface area (Å²) >= 11 is 3.70. The second kappa shape index (κ2) is 6.48. The van der Waals surface area contributed by atoms with Crippen LogP contribution >= 0.6 is 15.9 Å². The van der Waals surface area contributed by atoms with Crippen LogP contribution in [0.3, 0.4) is 0 Å². The molecule has 2 aliphatic heterocycles. The van der Waals surface area contributed by atoms with Crippen LogP contribution in [0, 0.1) is 0 Å². The number of likely N-dealkylation sites (tertiary alicyclic amines) is 2. The Balaban J connectivity index is 1.61. The van der Waals surface area contributed by atoms with Gasteiger partial charge in [-0.05, 0) is 41.6 Å². The van der Waals surface area contributed by atoms with Crippen molar-refractivity contribution in [2.24, 2.45) is 7.05 Å². The lowest BCUT2D eigenvalue weighted by Gasteiger charge is -2.31. The van der Waals surface area contributed by atoms with Crippen LogP contribution in [0.25, 0.3) is 11.0 Å². The Kier molecular flexibility index (Phi) is 4.31. The van der Waals surface area contributed by atoms with Gasteiger partial charge < -0.3 is 20.1 Å². The molecule has 2 amide bonds. The van der Waals surface area contributed by atoms with Crippen LogP contribution in [-0.2, 0) is 7.05 Å². The lowest BCUT2D eigenvalue weighted by atomic mass is 9.99. The number of hydrogen-bond acceptors (Lipinski definition) is 4. The maximum absolute atomic E-state index is 12.8. The number of nitrogens with two attached hydrogens (primary N) is 1. The topological polar surface area (TPSA) is 80.3 Å². The van der Waals surface area contributed by atoms with Crippen LogP contribution in [0.15, 0.2) is 10.9 Å². The van der Waals surface area contributed by atoms with E-state index in [1.54, 1.807) is 0 Å². The van der Waals surface area contributed by atoms with Crippen LogP contribution in [0.2, 0.25) is 0 Å². The minimum Gasteiger partial charge on any atom is -0.383 e. The van der Waals surface area contributed by atoms with Gasteiger partial charge in [-0.3, -0.25) is 0 Å². The maximum Gasteiger partial charge on any atom is 0.320 e. The molecule has 0 spiro atoms. The molecule has 1 atom stereocenters. The number of urea groups is 1. The van der Waals surface area contributed by atoms with E-state index < -0.39 is 0 Å². The van der Waals surface area contributed by atoms with Crippen molar-refractivity contribution in [3.8, 4) is 0 Å². The van der Waals surface area contributed by atoms with Crippen LogP contribution in [-0.4, -0.2) is 56.5 Å². The summed E-state index contributed by atoms with van der Waals surface area (Å²) in [4.78, 5) is 25.3. The van der Waals surface area contributed by atoms with Gasteiger partial charge in [0.15, 0.2) is 0 Å². The van der Waals surface area contributed by atoms with Gasteiger partial charge in [-0.25, -0.2) is 14.8 Å². The first-order valence-corrected chi connectivity index (χ1v) is 9.65. The predicted octanol–water partition coefficient (Wildman–Crippen LogP) is 2.71. The Morgan fingerprint density at radius 3 is 2.72 bits per heavy atom. The smallest absolute Gasteiger partial charge is 0.320 e. The first-order valence-electron chi connectivity index (χ1n) is 8.86. The molecule has 4 heterocycles. The average Bonchev–Trinajstić information content (AvgIpc) is 3.21. The normalized spacial score (nSPS) is 21.3. The largest absolute Gasteiger partial charge is 0.383 e. The number of nitrogen functional groups attached to an aromatic ring is 1. The molecule has 0 aliphatic carbocycles. The molecule has 0 aromatic carbocycles. The SMILES string of the molecule is Cn1c(Br)c(C2CCN(C(=O)N3CCCCC3)C2)c2c(N)ncnc21. The van der Waals surface area contributed by atoms with Crippen molar-refractivity contribution in [1.82, 2.24) is 24.3 Å².